The Bertz CT molecular complexity index is 1300. The van der Waals surface area contributed by atoms with Crippen molar-refractivity contribution in [2.75, 3.05) is 5.32 Å². The molecule has 1 aromatic carbocycles. The Morgan fingerprint density at radius 3 is 2.81 bits per heavy atom. The van der Waals surface area contributed by atoms with Gasteiger partial charge in [-0.15, -0.1) is 0 Å². The van der Waals surface area contributed by atoms with Crippen LogP contribution in [-0.4, -0.2) is 31.4 Å². The number of fused-ring (bicyclic) bond motifs is 1. The molecule has 0 atom stereocenters. The fraction of sp³-hybridized carbons (Fsp3) is 0.273. The van der Waals surface area contributed by atoms with Gasteiger partial charge in [0.1, 0.15) is 11.3 Å². The molecule has 158 valence electrons. The molecular formula is C22H19F2N5O2. The summed E-state index contributed by atoms with van der Waals surface area (Å²) in [4.78, 5) is 21.5. The molecule has 3 heterocycles. The fourth-order valence-corrected chi connectivity index (χ4v) is 3.91. The highest BCUT2D eigenvalue weighted by molar-refractivity contribution is 6.04. The number of benzene rings is 1. The van der Waals surface area contributed by atoms with E-state index in [0.717, 1.165) is 11.1 Å². The Labute approximate surface area is 176 Å². The Morgan fingerprint density at radius 2 is 2.03 bits per heavy atom. The van der Waals surface area contributed by atoms with E-state index >= 15 is 0 Å². The van der Waals surface area contributed by atoms with Crippen LogP contribution in [-0.2, 0) is 0 Å². The Kier molecular flexibility index (Phi) is 4.35. The third-order valence-corrected chi connectivity index (χ3v) is 5.68. The summed E-state index contributed by atoms with van der Waals surface area (Å²) in [6.45, 7) is 3.74. The summed E-state index contributed by atoms with van der Waals surface area (Å²) in [7, 11) is 0. The predicted molar refractivity (Wildman–Crippen MR) is 109 cm³/mol. The molecule has 1 amide bonds. The van der Waals surface area contributed by atoms with Crippen LogP contribution in [0.25, 0.3) is 17.0 Å². The van der Waals surface area contributed by atoms with Crippen molar-refractivity contribution >= 4 is 17.2 Å². The van der Waals surface area contributed by atoms with E-state index in [-0.39, 0.29) is 24.6 Å². The van der Waals surface area contributed by atoms with Crippen molar-refractivity contribution in [1.82, 2.24) is 19.5 Å². The molecular weight excluding hydrogens is 404 g/mol. The summed E-state index contributed by atoms with van der Waals surface area (Å²) >= 11 is 0. The second kappa shape index (κ2) is 6.97. The third-order valence-electron chi connectivity index (χ3n) is 5.68. The van der Waals surface area contributed by atoms with Crippen molar-refractivity contribution in [3.05, 3.63) is 65.4 Å². The smallest absolute Gasteiger partial charge is 0.274 e. The second-order valence-corrected chi connectivity index (χ2v) is 7.87. The van der Waals surface area contributed by atoms with Gasteiger partial charge >= 0.3 is 0 Å². The largest absolute Gasteiger partial charge is 0.339 e. The number of anilines is 1. The molecule has 1 fully saturated rings. The molecule has 1 N–H and O–H groups in total. The van der Waals surface area contributed by atoms with Gasteiger partial charge in [-0.2, -0.15) is 4.98 Å². The Balaban J connectivity index is 1.44. The van der Waals surface area contributed by atoms with E-state index < -0.39 is 11.8 Å². The summed E-state index contributed by atoms with van der Waals surface area (Å²) in [6, 6.07) is 9.18. The lowest BCUT2D eigenvalue weighted by atomic mass is 9.81. The van der Waals surface area contributed by atoms with Gasteiger partial charge in [-0.25, -0.2) is 13.8 Å². The number of carbonyl (C=O) groups excluding carboxylic acids is 1. The zero-order valence-electron chi connectivity index (χ0n) is 16.9. The van der Waals surface area contributed by atoms with Crippen LogP contribution in [0.4, 0.5) is 14.5 Å². The minimum atomic E-state index is -2.66. The van der Waals surface area contributed by atoms with Gasteiger partial charge < -0.3 is 9.84 Å². The number of aryl methyl sites for hydroxylation is 1. The highest BCUT2D eigenvalue weighted by Gasteiger charge is 2.48. The van der Waals surface area contributed by atoms with Crippen LogP contribution >= 0.6 is 0 Å². The molecule has 1 aliphatic rings. The number of carbonyl (C=O) groups is 1. The van der Waals surface area contributed by atoms with E-state index in [1.54, 1.807) is 10.6 Å². The van der Waals surface area contributed by atoms with Gasteiger partial charge in [-0.1, -0.05) is 23.4 Å². The number of halogens is 2. The molecule has 0 spiro atoms. The minimum absolute atomic E-state index is 0.220. The molecule has 0 saturated heterocycles. The number of amides is 1. The standard InChI is InChI=1S/C22H19F2N5O2/c1-12-6-7-15(19-27-21(31-28-19)14-9-22(23,24)10-14)13(2)18(12)26-20(30)16-11-25-17-5-3-4-8-29(16)17/h3-8,11,14H,9-10H2,1-2H3,(H,26,30). The molecule has 0 radical (unpaired) electrons. The lowest BCUT2D eigenvalue weighted by Crippen LogP contribution is -2.33. The van der Waals surface area contributed by atoms with E-state index in [9.17, 15) is 13.6 Å². The highest BCUT2D eigenvalue weighted by atomic mass is 19.3. The quantitative estimate of drug-likeness (QED) is 0.511. The van der Waals surface area contributed by atoms with Crippen LogP contribution in [0, 0.1) is 13.8 Å². The normalized spacial score (nSPS) is 15.7. The van der Waals surface area contributed by atoms with Crippen LogP contribution in [0.3, 0.4) is 0 Å². The molecule has 0 aliphatic heterocycles. The SMILES string of the molecule is Cc1ccc(-c2noc(C3CC(F)(F)C3)n2)c(C)c1NC(=O)c1cnc2ccccn12. The molecule has 5 rings (SSSR count). The van der Waals surface area contributed by atoms with Crippen LogP contribution in [0.2, 0.25) is 0 Å². The van der Waals surface area contributed by atoms with Gasteiger partial charge in [0.25, 0.3) is 5.91 Å². The van der Waals surface area contributed by atoms with Crippen LogP contribution in [0.1, 0.15) is 46.3 Å². The van der Waals surface area contributed by atoms with Crippen molar-refractivity contribution in [1.29, 1.82) is 0 Å². The Morgan fingerprint density at radius 1 is 1.23 bits per heavy atom. The number of alkyl halides is 2. The van der Waals surface area contributed by atoms with Gasteiger partial charge in [0.15, 0.2) is 0 Å². The van der Waals surface area contributed by atoms with E-state index in [1.807, 2.05) is 44.2 Å². The summed E-state index contributed by atoms with van der Waals surface area (Å²) in [5.74, 6) is -2.84. The van der Waals surface area contributed by atoms with Crippen LogP contribution in [0.15, 0.2) is 47.2 Å². The molecule has 4 aromatic rings. The summed E-state index contributed by atoms with van der Waals surface area (Å²) < 4.78 is 33.3. The van der Waals surface area contributed by atoms with Crippen LogP contribution in [0.5, 0.6) is 0 Å². The second-order valence-electron chi connectivity index (χ2n) is 7.87. The number of aromatic nitrogens is 4. The van der Waals surface area contributed by atoms with Gasteiger partial charge in [0, 0.05) is 36.2 Å². The molecule has 0 unspecified atom stereocenters. The van der Waals surface area contributed by atoms with Gasteiger partial charge in [0.2, 0.25) is 17.6 Å². The van der Waals surface area contributed by atoms with Crippen molar-refractivity contribution in [2.24, 2.45) is 0 Å². The first-order valence-corrected chi connectivity index (χ1v) is 9.88. The maximum absolute atomic E-state index is 13.2. The molecule has 0 bridgehead atoms. The number of rotatable bonds is 4. The van der Waals surface area contributed by atoms with Crippen molar-refractivity contribution < 1.29 is 18.1 Å². The summed E-state index contributed by atoms with van der Waals surface area (Å²) in [5, 5.41) is 6.94. The van der Waals surface area contributed by atoms with E-state index in [2.05, 4.69) is 20.4 Å². The average Bonchev–Trinajstić information content (AvgIpc) is 3.36. The predicted octanol–water partition coefficient (Wildman–Crippen LogP) is 4.77. The molecule has 3 aromatic heterocycles. The highest BCUT2D eigenvalue weighted by Crippen LogP contribution is 2.48. The number of imidazole rings is 1. The lowest BCUT2D eigenvalue weighted by molar-refractivity contribution is -0.0925. The number of nitrogens with one attached hydrogen (secondary N) is 1. The molecule has 1 saturated carbocycles. The molecule has 9 heteroatoms. The van der Waals surface area contributed by atoms with Gasteiger partial charge in [0.05, 0.1) is 6.20 Å². The first-order valence-electron chi connectivity index (χ1n) is 9.88. The molecule has 1 aliphatic carbocycles. The zero-order valence-corrected chi connectivity index (χ0v) is 16.9. The Hall–Kier alpha value is -3.62. The van der Waals surface area contributed by atoms with E-state index in [0.29, 0.717) is 28.4 Å². The fourth-order valence-electron chi connectivity index (χ4n) is 3.91. The number of hydrogen-bond acceptors (Lipinski definition) is 5. The van der Waals surface area contributed by atoms with Crippen molar-refractivity contribution in [2.45, 2.75) is 38.5 Å². The number of pyridine rings is 1. The average molecular weight is 423 g/mol. The number of hydrogen-bond donors (Lipinski definition) is 1. The number of nitrogens with zero attached hydrogens (tertiary/aromatic N) is 4. The van der Waals surface area contributed by atoms with E-state index in [1.165, 1.54) is 6.20 Å². The van der Waals surface area contributed by atoms with Crippen molar-refractivity contribution in [3.63, 3.8) is 0 Å². The van der Waals surface area contributed by atoms with Gasteiger partial charge in [-0.3, -0.25) is 9.20 Å². The maximum atomic E-state index is 13.2. The topological polar surface area (TPSA) is 85.3 Å². The molecule has 31 heavy (non-hydrogen) atoms. The maximum Gasteiger partial charge on any atom is 0.274 e. The monoisotopic (exact) mass is 423 g/mol. The van der Waals surface area contributed by atoms with E-state index in [4.69, 9.17) is 4.52 Å². The lowest BCUT2D eigenvalue weighted by Gasteiger charge is -2.31. The summed E-state index contributed by atoms with van der Waals surface area (Å²) in [5.41, 5.74) is 4.01. The van der Waals surface area contributed by atoms with Gasteiger partial charge in [-0.05, 0) is 37.1 Å². The van der Waals surface area contributed by atoms with Crippen molar-refractivity contribution in [3.8, 4) is 11.4 Å². The zero-order chi connectivity index (χ0) is 21.8. The first kappa shape index (κ1) is 19.3. The molecule has 7 nitrogen and oxygen atoms in total. The van der Waals surface area contributed by atoms with Crippen LogP contribution < -0.4 is 5.32 Å². The minimum Gasteiger partial charge on any atom is -0.339 e. The first-order chi connectivity index (χ1) is 14.8. The summed E-state index contributed by atoms with van der Waals surface area (Å²) in [6.07, 6.45) is 2.75. The third kappa shape index (κ3) is 3.35.